The Balaban J connectivity index is 1.88. The number of nitrogens with zero attached hydrogens (tertiary/aromatic N) is 1. The fourth-order valence-electron chi connectivity index (χ4n) is 2.28. The molecule has 108 valence electrons. The van der Waals surface area contributed by atoms with Crippen molar-refractivity contribution in [3.8, 4) is 0 Å². The maximum Gasteiger partial charge on any atom is 0.411 e. The first-order chi connectivity index (χ1) is 9.48. The molecule has 0 spiro atoms. The minimum Gasteiger partial charge on any atom is -0.447 e. The van der Waals surface area contributed by atoms with Crippen molar-refractivity contribution in [2.24, 2.45) is 5.73 Å². The fourth-order valence-corrected chi connectivity index (χ4v) is 2.28. The van der Waals surface area contributed by atoms with Gasteiger partial charge in [-0.05, 0) is 18.9 Å². The molecule has 0 atom stereocenters. The lowest BCUT2D eigenvalue weighted by molar-refractivity contribution is -0.384. The molecule has 0 saturated heterocycles. The third-order valence-corrected chi connectivity index (χ3v) is 3.39. The van der Waals surface area contributed by atoms with Crippen LogP contribution in [-0.2, 0) is 4.74 Å². The summed E-state index contributed by atoms with van der Waals surface area (Å²) < 4.78 is 5.09. The number of amides is 1. The Labute approximate surface area is 116 Å². The Morgan fingerprint density at radius 3 is 2.80 bits per heavy atom. The van der Waals surface area contributed by atoms with E-state index in [4.69, 9.17) is 10.5 Å². The maximum absolute atomic E-state index is 11.6. The van der Waals surface area contributed by atoms with Gasteiger partial charge in [-0.3, -0.25) is 15.4 Å². The molecule has 1 aliphatic carbocycles. The first-order valence-electron chi connectivity index (χ1n) is 6.46. The van der Waals surface area contributed by atoms with Gasteiger partial charge in [0.2, 0.25) is 0 Å². The molecule has 7 heteroatoms. The highest BCUT2D eigenvalue weighted by Gasteiger charge is 2.30. The summed E-state index contributed by atoms with van der Waals surface area (Å²) in [6, 6.07) is 5.68. The monoisotopic (exact) mass is 279 g/mol. The summed E-state index contributed by atoms with van der Waals surface area (Å²) >= 11 is 0. The summed E-state index contributed by atoms with van der Waals surface area (Å²) in [4.78, 5) is 21.7. The second-order valence-corrected chi connectivity index (χ2v) is 5.08. The average molecular weight is 279 g/mol. The van der Waals surface area contributed by atoms with Crippen LogP contribution in [0.15, 0.2) is 24.3 Å². The van der Waals surface area contributed by atoms with Gasteiger partial charge in [0.1, 0.15) is 6.61 Å². The van der Waals surface area contributed by atoms with Gasteiger partial charge >= 0.3 is 6.09 Å². The zero-order valence-corrected chi connectivity index (χ0v) is 11.0. The molecule has 20 heavy (non-hydrogen) atoms. The molecule has 7 nitrogen and oxygen atoms in total. The van der Waals surface area contributed by atoms with E-state index in [-0.39, 0.29) is 12.3 Å². The molecule has 0 aromatic heterocycles. The lowest BCUT2D eigenvalue weighted by Gasteiger charge is -2.22. The number of anilines is 1. The zero-order chi connectivity index (χ0) is 14.6. The SMILES string of the molecule is NC1(COC(=O)Nc2cccc([N+](=O)[O-])c2)CCCC1. The van der Waals surface area contributed by atoms with E-state index in [0.29, 0.717) is 5.69 Å². The Morgan fingerprint density at radius 1 is 1.45 bits per heavy atom. The minimum atomic E-state index is -0.651. The molecule has 1 saturated carbocycles. The number of rotatable bonds is 4. The minimum absolute atomic E-state index is 0.0890. The van der Waals surface area contributed by atoms with Gasteiger partial charge in [0.25, 0.3) is 5.69 Å². The predicted octanol–water partition coefficient (Wildman–Crippen LogP) is 2.41. The largest absolute Gasteiger partial charge is 0.447 e. The van der Waals surface area contributed by atoms with Crippen molar-refractivity contribution >= 4 is 17.5 Å². The van der Waals surface area contributed by atoms with Crippen LogP contribution in [0.5, 0.6) is 0 Å². The van der Waals surface area contributed by atoms with Crippen molar-refractivity contribution in [2.75, 3.05) is 11.9 Å². The number of hydrogen-bond donors (Lipinski definition) is 2. The number of hydrogen-bond acceptors (Lipinski definition) is 5. The van der Waals surface area contributed by atoms with E-state index < -0.39 is 16.6 Å². The molecular formula is C13H17N3O4. The number of nitro groups is 1. The predicted molar refractivity (Wildman–Crippen MR) is 73.5 cm³/mol. The van der Waals surface area contributed by atoms with Gasteiger partial charge in [-0.2, -0.15) is 0 Å². The summed E-state index contributed by atoms with van der Waals surface area (Å²) in [5.41, 5.74) is 5.87. The highest BCUT2D eigenvalue weighted by Crippen LogP contribution is 2.27. The van der Waals surface area contributed by atoms with E-state index in [1.165, 1.54) is 18.2 Å². The first-order valence-corrected chi connectivity index (χ1v) is 6.46. The van der Waals surface area contributed by atoms with Crippen molar-refractivity contribution in [3.05, 3.63) is 34.4 Å². The molecule has 1 aromatic carbocycles. The summed E-state index contributed by atoms with van der Waals surface area (Å²) in [5.74, 6) is 0. The van der Waals surface area contributed by atoms with Crippen LogP contribution in [0.4, 0.5) is 16.2 Å². The van der Waals surface area contributed by atoms with Crippen LogP contribution in [-0.4, -0.2) is 23.2 Å². The Bertz CT molecular complexity index is 512. The third-order valence-electron chi connectivity index (χ3n) is 3.39. The molecule has 1 aliphatic rings. The average Bonchev–Trinajstić information content (AvgIpc) is 2.84. The molecule has 0 bridgehead atoms. The number of carbonyl (C=O) groups is 1. The topological polar surface area (TPSA) is 107 Å². The molecular weight excluding hydrogens is 262 g/mol. The highest BCUT2D eigenvalue weighted by atomic mass is 16.6. The highest BCUT2D eigenvalue weighted by molar-refractivity contribution is 5.85. The Kier molecular flexibility index (Phi) is 4.19. The second-order valence-electron chi connectivity index (χ2n) is 5.08. The summed E-state index contributed by atoms with van der Waals surface area (Å²) in [6.45, 7) is 0.160. The van der Waals surface area contributed by atoms with E-state index in [0.717, 1.165) is 25.7 Å². The van der Waals surface area contributed by atoms with Crippen LogP contribution in [0, 0.1) is 10.1 Å². The van der Waals surface area contributed by atoms with E-state index in [1.54, 1.807) is 6.07 Å². The van der Waals surface area contributed by atoms with Crippen LogP contribution in [0.1, 0.15) is 25.7 Å². The van der Waals surface area contributed by atoms with Gasteiger partial charge in [0, 0.05) is 12.1 Å². The van der Waals surface area contributed by atoms with Gasteiger partial charge in [-0.25, -0.2) is 4.79 Å². The van der Waals surface area contributed by atoms with Crippen LogP contribution in [0.25, 0.3) is 0 Å². The van der Waals surface area contributed by atoms with E-state index >= 15 is 0 Å². The molecule has 1 fully saturated rings. The molecule has 0 heterocycles. The summed E-state index contributed by atoms with van der Waals surface area (Å²) in [6.07, 6.45) is 3.13. The van der Waals surface area contributed by atoms with Crippen molar-refractivity contribution in [1.29, 1.82) is 0 Å². The van der Waals surface area contributed by atoms with E-state index in [9.17, 15) is 14.9 Å². The molecule has 2 rings (SSSR count). The first kappa shape index (κ1) is 14.3. The number of ether oxygens (including phenoxy) is 1. The van der Waals surface area contributed by atoms with Crippen LogP contribution in [0.2, 0.25) is 0 Å². The van der Waals surface area contributed by atoms with Gasteiger partial charge in [0.15, 0.2) is 0 Å². The third kappa shape index (κ3) is 3.67. The van der Waals surface area contributed by atoms with Crippen molar-refractivity contribution < 1.29 is 14.5 Å². The lowest BCUT2D eigenvalue weighted by Crippen LogP contribution is -2.42. The Morgan fingerprint density at radius 2 is 2.15 bits per heavy atom. The van der Waals surface area contributed by atoms with Crippen molar-refractivity contribution in [3.63, 3.8) is 0 Å². The van der Waals surface area contributed by atoms with Gasteiger partial charge in [-0.1, -0.05) is 18.9 Å². The number of nitro benzene ring substituents is 1. The lowest BCUT2D eigenvalue weighted by atomic mass is 10.0. The van der Waals surface area contributed by atoms with Gasteiger partial charge in [-0.15, -0.1) is 0 Å². The summed E-state index contributed by atoms with van der Waals surface area (Å²) in [5, 5.41) is 13.1. The normalized spacial score (nSPS) is 16.6. The van der Waals surface area contributed by atoms with E-state index in [1.807, 2.05) is 0 Å². The Hall–Kier alpha value is -2.15. The van der Waals surface area contributed by atoms with Crippen LogP contribution in [0.3, 0.4) is 0 Å². The van der Waals surface area contributed by atoms with Gasteiger partial charge in [0.05, 0.1) is 16.1 Å². The van der Waals surface area contributed by atoms with Gasteiger partial charge < -0.3 is 10.5 Å². The number of benzene rings is 1. The quantitative estimate of drug-likeness (QED) is 0.650. The van der Waals surface area contributed by atoms with Crippen LogP contribution < -0.4 is 11.1 Å². The maximum atomic E-state index is 11.6. The number of carbonyl (C=O) groups excluding carboxylic acids is 1. The zero-order valence-electron chi connectivity index (χ0n) is 11.0. The fraction of sp³-hybridized carbons (Fsp3) is 0.462. The number of nitrogens with two attached hydrogens (primary N) is 1. The number of nitrogens with one attached hydrogen (secondary N) is 1. The van der Waals surface area contributed by atoms with E-state index in [2.05, 4.69) is 5.32 Å². The molecule has 0 unspecified atom stereocenters. The number of non-ortho nitro benzene ring substituents is 1. The standard InChI is InChI=1S/C13H17N3O4/c14-13(6-1-2-7-13)9-20-12(17)15-10-4-3-5-11(8-10)16(18)19/h3-5,8H,1-2,6-7,9,14H2,(H,15,17). The van der Waals surface area contributed by atoms with Crippen molar-refractivity contribution in [1.82, 2.24) is 0 Å². The smallest absolute Gasteiger partial charge is 0.411 e. The summed E-state index contributed by atoms with van der Waals surface area (Å²) in [7, 11) is 0. The molecule has 0 radical (unpaired) electrons. The molecule has 1 aromatic rings. The molecule has 1 amide bonds. The second kappa shape index (κ2) is 5.87. The van der Waals surface area contributed by atoms with Crippen molar-refractivity contribution in [2.45, 2.75) is 31.2 Å². The molecule has 0 aliphatic heterocycles. The van der Waals surface area contributed by atoms with Crippen LogP contribution >= 0.6 is 0 Å². The molecule has 3 N–H and O–H groups in total.